The van der Waals surface area contributed by atoms with Gasteiger partial charge in [-0.25, -0.2) is 9.97 Å². The minimum Gasteiger partial charge on any atom is -0.356 e. The summed E-state index contributed by atoms with van der Waals surface area (Å²) in [6.07, 6.45) is 8.79. The highest BCUT2D eigenvalue weighted by molar-refractivity contribution is 6.07. The summed E-state index contributed by atoms with van der Waals surface area (Å²) in [6, 6.07) is 3.04. The van der Waals surface area contributed by atoms with Crippen LogP contribution in [-0.2, 0) is 33.0 Å². The second-order valence-corrected chi connectivity index (χ2v) is 11.2. The van der Waals surface area contributed by atoms with Crippen molar-refractivity contribution in [2.75, 3.05) is 49.7 Å². The topological polar surface area (TPSA) is 194 Å². The number of aryl methyl sites for hydroxylation is 4. The van der Waals surface area contributed by atoms with E-state index in [9.17, 15) is 24.0 Å². The van der Waals surface area contributed by atoms with E-state index in [-0.39, 0.29) is 47.9 Å². The molecule has 0 radical (unpaired) electrons. The Hall–Kier alpha value is -5.71. The monoisotopic (exact) mass is 648 g/mol. The largest absolute Gasteiger partial charge is 0.356 e. The third-order valence-electron chi connectivity index (χ3n) is 7.08. The lowest BCUT2D eigenvalue weighted by atomic mass is 10.3. The van der Waals surface area contributed by atoms with E-state index in [0.29, 0.717) is 23.6 Å². The smallest absolute Gasteiger partial charge is 0.292 e. The van der Waals surface area contributed by atoms with E-state index >= 15 is 0 Å². The summed E-state index contributed by atoms with van der Waals surface area (Å²) in [5.41, 5.74) is 1.28. The molecule has 0 bridgehead atoms. The number of imidazole rings is 2. The predicted molar refractivity (Wildman–Crippen MR) is 174 cm³/mol. The van der Waals surface area contributed by atoms with Crippen LogP contribution in [0.15, 0.2) is 43.1 Å². The standard InChI is InChI=1S/C30H40N12O5/c1-38(2)12-7-9-31-24(43)8-10-33-27(44)21-14-19(16-40(21)4)34-28(45)22-15-20(17-41(22)5)35-30(47)26-36-23(18-42(26)6)37-29(46)25-32-11-13-39(25)3/h11,13-18H,7-10,12H2,1-6H3,(H,31,43)(H,33,44)(H,34,45)(H,35,47)(H,37,46). The average molecular weight is 649 g/mol. The first-order valence-corrected chi connectivity index (χ1v) is 14.8. The summed E-state index contributed by atoms with van der Waals surface area (Å²) >= 11 is 0. The van der Waals surface area contributed by atoms with E-state index in [1.165, 1.54) is 29.1 Å². The van der Waals surface area contributed by atoms with Crippen LogP contribution >= 0.6 is 0 Å². The molecule has 0 aliphatic heterocycles. The molecule has 0 aliphatic rings. The lowest BCUT2D eigenvalue weighted by Crippen LogP contribution is -2.32. The van der Waals surface area contributed by atoms with Gasteiger partial charge in [-0.05, 0) is 39.2 Å². The van der Waals surface area contributed by atoms with Gasteiger partial charge in [-0.1, -0.05) is 0 Å². The number of rotatable bonds is 14. The average Bonchev–Trinajstić information content (AvgIpc) is 3.77. The first-order chi connectivity index (χ1) is 22.3. The zero-order valence-electron chi connectivity index (χ0n) is 27.2. The molecule has 17 nitrogen and oxygen atoms in total. The van der Waals surface area contributed by atoms with Gasteiger partial charge in [0, 0.05) is 78.7 Å². The fourth-order valence-corrected chi connectivity index (χ4v) is 4.69. The Balaban J connectivity index is 1.30. The first kappa shape index (κ1) is 34.2. The first-order valence-electron chi connectivity index (χ1n) is 14.8. The summed E-state index contributed by atoms with van der Waals surface area (Å²) in [5.74, 6) is -1.62. The van der Waals surface area contributed by atoms with E-state index in [1.807, 2.05) is 19.0 Å². The maximum Gasteiger partial charge on any atom is 0.292 e. The molecule has 0 saturated carbocycles. The van der Waals surface area contributed by atoms with E-state index in [4.69, 9.17) is 0 Å². The van der Waals surface area contributed by atoms with Crippen molar-refractivity contribution in [2.45, 2.75) is 12.8 Å². The SMILES string of the molecule is CN(C)CCCNC(=O)CCNC(=O)c1cc(NC(=O)c2cc(NC(=O)c3nc(NC(=O)c4nccn4C)cn3C)cn2C)cn1C. The van der Waals surface area contributed by atoms with Crippen LogP contribution in [0.5, 0.6) is 0 Å². The third-order valence-corrected chi connectivity index (χ3v) is 7.08. The van der Waals surface area contributed by atoms with Gasteiger partial charge in [0.1, 0.15) is 11.4 Å². The Kier molecular flexibility index (Phi) is 10.9. The van der Waals surface area contributed by atoms with Crippen LogP contribution in [0.3, 0.4) is 0 Å². The van der Waals surface area contributed by atoms with Crippen molar-refractivity contribution in [3.8, 4) is 0 Å². The minimum atomic E-state index is -0.553. The molecule has 0 atom stereocenters. The number of amides is 5. The van der Waals surface area contributed by atoms with Crippen molar-refractivity contribution in [1.82, 2.24) is 43.8 Å². The summed E-state index contributed by atoms with van der Waals surface area (Å²) in [6.45, 7) is 1.61. The molecule has 17 heteroatoms. The van der Waals surface area contributed by atoms with Crippen molar-refractivity contribution in [1.29, 1.82) is 0 Å². The lowest BCUT2D eigenvalue weighted by Gasteiger charge is -2.10. The van der Waals surface area contributed by atoms with Crippen molar-refractivity contribution < 1.29 is 24.0 Å². The highest BCUT2D eigenvalue weighted by atomic mass is 16.2. The summed E-state index contributed by atoms with van der Waals surface area (Å²) < 4.78 is 6.14. The van der Waals surface area contributed by atoms with E-state index in [0.717, 1.165) is 13.0 Å². The van der Waals surface area contributed by atoms with Crippen LogP contribution in [-0.4, -0.2) is 96.4 Å². The third kappa shape index (κ3) is 8.94. The van der Waals surface area contributed by atoms with Crippen LogP contribution < -0.4 is 26.6 Å². The fourth-order valence-electron chi connectivity index (χ4n) is 4.69. The number of nitrogens with one attached hydrogen (secondary N) is 5. The molecule has 250 valence electrons. The predicted octanol–water partition coefficient (Wildman–Crippen LogP) is 0.775. The molecular weight excluding hydrogens is 608 g/mol. The summed E-state index contributed by atoms with van der Waals surface area (Å²) in [7, 11) is 10.6. The number of aromatic nitrogens is 6. The Bertz CT molecular complexity index is 1780. The van der Waals surface area contributed by atoms with Gasteiger partial charge in [0.05, 0.1) is 11.4 Å². The second-order valence-electron chi connectivity index (χ2n) is 11.2. The van der Waals surface area contributed by atoms with Gasteiger partial charge in [0.25, 0.3) is 23.6 Å². The molecule has 5 N–H and O–H groups in total. The van der Waals surface area contributed by atoms with Gasteiger partial charge in [0.2, 0.25) is 11.7 Å². The quantitative estimate of drug-likeness (QED) is 0.124. The number of hydrogen-bond acceptors (Lipinski definition) is 8. The number of carbonyl (C=O) groups is 5. The number of nitrogens with zero attached hydrogens (tertiary/aromatic N) is 7. The number of hydrogen-bond donors (Lipinski definition) is 5. The lowest BCUT2D eigenvalue weighted by molar-refractivity contribution is -0.120. The zero-order chi connectivity index (χ0) is 34.2. The molecule has 0 aliphatic carbocycles. The maximum absolute atomic E-state index is 13.1. The van der Waals surface area contributed by atoms with Crippen LogP contribution in [0.2, 0.25) is 0 Å². The van der Waals surface area contributed by atoms with Crippen LogP contribution in [0, 0.1) is 0 Å². The molecule has 0 spiro atoms. The maximum atomic E-state index is 13.1. The van der Waals surface area contributed by atoms with E-state index < -0.39 is 17.7 Å². The second kappa shape index (κ2) is 15.0. The van der Waals surface area contributed by atoms with Crippen molar-refractivity contribution in [2.24, 2.45) is 28.2 Å². The van der Waals surface area contributed by atoms with E-state index in [2.05, 4.69) is 36.6 Å². The molecule has 0 unspecified atom stereocenters. The molecule has 4 aromatic rings. The highest BCUT2D eigenvalue weighted by Crippen LogP contribution is 2.19. The Morgan fingerprint density at radius 2 is 1.32 bits per heavy atom. The molecule has 0 fully saturated rings. The van der Waals surface area contributed by atoms with Crippen molar-refractivity contribution in [3.05, 3.63) is 66.2 Å². The summed E-state index contributed by atoms with van der Waals surface area (Å²) in [5, 5.41) is 13.7. The van der Waals surface area contributed by atoms with Gasteiger partial charge in [0.15, 0.2) is 11.6 Å². The van der Waals surface area contributed by atoms with Gasteiger partial charge < -0.3 is 49.8 Å². The fraction of sp³-hybridized carbons (Fsp3) is 0.367. The molecule has 0 saturated heterocycles. The Morgan fingerprint density at radius 3 is 1.94 bits per heavy atom. The van der Waals surface area contributed by atoms with Gasteiger partial charge >= 0.3 is 0 Å². The molecule has 4 rings (SSSR count). The number of anilines is 3. The number of carbonyl (C=O) groups excluding carboxylic acids is 5. The van der Waals surface area contributed by atoms with Gasteiger partial charge in [-0.2, -0.15) is 0 Å². The molecule has 0 aromatic carbocycles. The Labute approximate surface area is 271 Å². The van der Waals surface area contributed by atoms with Crippen molar-refractivity contribution in [3.63, 3.8) is 0 Å². The zero-order valence-corrected chi connectivity index (χ0v) is 27.2. The van der Waals surface area contributed by atoms with Crippen LogP contribution in [0.25, 0.3) is 0 Å². The van der Waals surface area contributed by atoms with Crippen LogP contribution in [0.4, 0.5) is 17.2 Å². The summed E-state index contributed by atoms with van der Waals surface area (Å²) in [4.78, 5) is 73.5. The molecule has 5 amide bonds. The highest BCUT2D eigenvalue weighted by Gasteiger charge is 2.20. The minimum absolute atomic E-state index is 0.0331. The molecule has 4 aromatic heterocycles. The Morgan fingerprint density at radius 1 is 0.702 bits per heavy atom. The van der Waals surface area contributed by atoms with Gasteiger partial charge in [-0.15, -0.1) is 0 Å². The molecular formula is C30H40N12O5. The van der Waals surface area contributed by atoms with E-state index in [1.54, 1.807) is 60.5 Å². The molecule has 4 heterocycles. The van der Waals surface area contributed by atoms with Gasteiger partial charge in [-0.3, -0.25) is 24.0 Å². The molecule has 47 heavy (non-hydrogen) atoms. The normalized spacial score (nSPS) is 11.0. The van der Waals surface area contributed by atoms with Crippen LogP contribution in [0.1, 0.15) is 55.1 Å². The van der Waals surface area contributed by atoms with Crippen molar-refractivity contribution >= 4 is 46.7 Å².